The molecule has 2 aromatic rings. The van der Waals surface area contributed by atoms with Gasteiger partial charge >= 0.3 is 6.18 Å². The topological polar surface area (TPSA) is 46.3 Å². The molecule has 0 saturated carbocycles. The molecule has 0 bridgehead atoms. The summed E-state index contributed by atoms with van der Waals surface area (Å²) in [5.41, 5.74) is 6.66. The van der Waals surface area contributed by atoms with Gasteiger partial charge in [-0.2, -0.15) is 13.2 Å². The predicted octanol–water partition coefficient (Wildman–Crippen LogP) is 4.30. The van der Waals surface area contributed by atoms with Gasteiger partial charge in [0.15, 0.2) is 0 Å². The van der Waals surface area contributed by atoms with E-state index in [0.717, 1.165) is 11.6 Å². The monoisotopic (exact) mass is 372 g/mol. The number of rotatable bonds is 5. The molecule has 25 heavy (non-hydrogen) atoms. The average Bonchev–Trinajstić information content (AvgIpc) is 2.53. The summed E-state index contributed by atoms with van der Waals surface area (Å²) >= 11 is 0. The Morgan fingerprint density at radius 1 is 1.04 bits per heavy atom. The number of halogens is 4. The average molecular weight is 373 g/mol. The van der Waals surface area contributed by atoms with Crippen molar-refractivity contribution in [2.75, 3.05) is 12.8 Å². The molecule has 0 radical (unpaired) electrons. The summed E-state index contributed by atoms with van der Waals surface area (Å²) in [6.45, 7) is -0.0845. The first kappa shape index (κ1) is 20.8. The van der Waals surface area contributed by atoms with Crippen molar-refractivity contribution < 1.29 is 18.0 Å². The molecule has 0 unspecified atom stereocenters. The summed E-state index contributed by atoms with van der Waals surface area (Å²) < 4.78 is 39.0. The molecule has 0 atom stereocenters. The van der Waals surface area contributed by atoms with Crippen molar-refractivity contribution in [2.24, 2.45) is 0 Å². The van der Waals surface area contributed by atoms with Crippen LogP contribution in [0.1, 0.15) is 23.1 Å². The smallest absolute Gasteiger partial charge is 0.399 e. The van der Waals surface area contributed by atoms with Crippen LogP contribution in [-0.2, 0) is 23.9 Å². The summed E-state index contributed by atoms with van der Waals surface area (Å²) in [4.78, 5) is 13.5. The molecule has 0 spiro atoms. The zero-order valence-electron chi connectivity index (χ0n) is 13.7. The van der Waals surface area contributed by atoms with Crippen molar-refractivity contribution in [1.82, 2.24) is 4.90 Å². The minimum absolute atomic E-state index is 0. The van der Waals surface area contributed by atoms with Crippen molar-refractivity contribution in [2.45, 2.75) is 25.6 Å². The van der Waals surface area contributed by atoms with Crippen molar-refractivity contribution in [1.29, 1.82) is 0 Å². The van der Waals surface area contributed by atoms with Gasteiger partial charge in [-0.25, -0.2) is 0 Å². The fraction of sp³-hybridized carbons (Fsp3) is 0.278. The van der Waals surface area contributed by atoms with Crippen LogP contribution in [0.5, 0.6) is 0 Å². The van der Waals surface area contributed by atoms with Gasteiger partial charge < -0.3 is 10.6 Å². The zero-order valence-corrected chi connectivity index (χ0v) is 14.5. The highest BCUT2D eigenvalue weighted by molar-refractivity contribution is 5.85. The van der Waals surface area contributed by atoms with E-state index < -0.39 is 11.7 Å². The summed E-state index contributed by atoms with van der Waals surface area (Å²) in [6, 6.07) is 12.5. The number of para-hydroxylation sites is 1. The highest BCUT2D eigenvalue weighted by Crippen LogP contribution is 2.32. The number of hydrogen-bond acceptors (Lipinski definition) is 2. The van der Waals surface area contributed by atoms with E-state index in [1.807, 2.05) is 12.1 Å². The lowest BCUT2D eigenvalue weighted by Crippen LogP contribution is -2.27. The molecule has 3 nitrogen and oxygen atoms in total. The number of hydrogen-bond donors (Lipinski definition) is 1. The third-order valence-electron chi connectivity index (χ3n) is 3.82. The van der Waals surface area contributed by atoms with E-state index in [2.05, 4.69) is 0 Å². The zero-order chi connectivity index (χ0) is 17.7. The van der Waals surface area contributed by atoms with Gasteiger partial charge in [0.2, 0.25) is 5.91 Å². The molecule has 7 heteroatoms. The number of carbonyl (C=O) groups is 1. The van der Waals surface area contributed by atoms with Gasteiger partial charge in [-0.05, 0) is 29.7 Å². The lowest BCUT2D eigenvalue weighted by atomic mass is 10.1. The van der Waals surface area contributed by atoms with Crippen molar-refractivity contribution >= 4 is 24.0 Å². The van der Waals surface area contributed by atoms with E-state index in [4.69, 9.17) is 5.73 Å². The van der Waals surface area contributed by atoms with E-state index in [1.165, 1.54) is 30.1 Å². The molecule has 0 aliphatic heterocycles. The first-order valence-corrected chi connectivity index (χ1v) is 7.51. The molecule has 2 rings (SSSR count). The van der Waals surface area contributed by atoms with Gasteiger partial charge in [-0.1, -0.05) is 36.4 Å². The Bertz CT molecular complexity index is 719. The second-order valence-electron chi connectivity index (χ2n) is 5.60. The van der Waals surface area contributed by atoms with Crippen LogP contribution in [0.25, 0.3) is 0 Å². The molecule has 2 aromatic carbocycles. The van der Waals surface area contributed by atoms with Crippen LogP contribution in [-0.4, -0.2) is 17.9 Å². The van der Waals surface area contributed by atoms with Crippen LogP contribution in [0, 0.1) is 0 Å². The minimum atomic E-state index is -4.43. The van der Waals surface area contributed by atoms with E-state index in [1.54, 1.807) is 12.1 Å². The van der Waals surface area contributed by atoms with Crippen molar-refractivity contribution in [3.05, 3.63) is 65.2 Å². The fourth-order valence-corrected chi connectivity index (χ4v) is 2.47. The molecule has 2 N–H and O–H groups in total. The normalized spacial score (nSPS) is 10.9. The van der Waals surface area contributed by atoms with Gasteiger partial charge in [-0.3, -0.25) is 4.79 Å². The van der Waals surface area contributed by atoms with E-state index in [0.29, 0.717) is 12.1 Å². The fourth-order valence-electron chi connectivity index (χ4n) is 2.47. The van der Waals surface area contributed by atoms with Crippen molar-refractivity contribution in [3.8, 4) is 0 Å². The maximum Gasteiger partial charge on any atom is 0.416 e. The van der Waals surface area contributed by atoms with Crippen LogP contribution in [0.3, 0.4) is 0 Å². The number of anilines is 1. The first-order valence-electron chi connectivity index (χ1n) is 7.51. The number of aryl methyl sites for hydroxylation is 1. The van der Waals surface area contributed by atoms with Gasteiger partial charge in [0, 0.05) is 25.7 Å². The molecule has 0 aliphatic carbocycles. The Kier molecular flexibility index (Phi) is 7.30. The maximum absolute atomic E-state index is 13.0. The lowest BCUT2D eigenvalue weighted by molar-refractivity contribution is -0.139. The molecular weight excluding hydrogens is 353 g/mol. The Labute approximate surface area is 151 Å². The predicted molar refractivity (Wildman–Crippen MR) is 94.3 cm³/mol. The Hall–Kier alpha value is -2.21. The molecule has 1 amide bonds. The molecule has 136 valence electrons. The second-order valence-corrected chi connectivity index (χ2v) is 5.60. The highest BCUT2D eigenvalue weighted by Gasteiger charge is 2.33. The third kappa shape index (κ3) is 5.67. The first-order chi connectivity index (χ1) is 11.3. The Morgan fingerprint density at radius 3 is 2.20 bits per heavy atom. The Balaban J connectivity index is 0.00000312. The second kappa shape index (κ2) is 8.76. The van der Waals surface area contributed by atoms with Crippen LogP contribution in [0.4, 0.5) is 18.9 Å². The summed E-state index contributed by atoms with van der Waals surface area (Å²) in [5, 5.41) is 0. The quantitative estimate of drug-likeness (QED) is 0.795. The number of alkyl halides is 3. The van der Waals surface area contributed by atoms with E-state index >= 15 is 0 Å². The van der Waals surface area contributed by atoms with Crippen LogP contribution < -0.4 is 5.73 Å². The molecule has 0 saturated heterocycles. The number of benzene rings is 2. The van der Waals surface area contributed by atoms with E-state index in [9.17, 15) is 18.0 Å². The minimum Gasteiger partial charge on any atom is -0.399 e. The summed E-state index contributed by atoms with van der Waals surface area (Å²) in [5.74, 6) is -0.227. The van der Waals surface area contributed by atoms with Gasteiger partial charge in [-0.15, -0.1) is 12.4 Å². The molecular formula is C18H20ClF3N2O. The molecule has 0 fully saturated rings. The van der Waals surface area contributed by atoms with Crippen molar-refractivity contribution in [3.63, 3.8) is 0 Å². The third-order valence-corrected chi connectivity index (χ3v) is 3.82. The maximum atomic E-state index is 13.0. The SMILES string of the molecule is CN(Cc1ccccc1C(F)(F)F)C(=O)CCc1ccccc1N.Cl. The van der Waals surface area contributed by atoms with Crippen LogP contribution in [0.15, 0.2) is 48.5 Å². The van der Waals surface area contributed by atoms with Gasteiger partial charge in [0.25, 0.3) is 0 Å². The number of amides is 1. The van der Waals surface area contributed by atoms with E-state index in [-0.39, 0.29) is 36.8 Å². The molecule has 0 aromatic heterocycles. The summed E-state index contributed by atoms with van der Waals surface area (Å²) in [7, 11) is 1.50. The number of carbonyl (C=O) groups excluding carboxylic acids is 1. The van der Waals surface area contributed by atoms with Gasteiger partial charge in [0.05, 0.1) is 5.56 Å². The van der Waals surface area contributed by atoms with Crippen LogP contribution >= 0.6 is 12.4 Å². The lowest BCUT2D eigenvalue weighted by Gasteiger charge is -2.20. The highest BCUT2D eigenvalue weighted by atomic mass is 35.5. The largest absolute Gasteiger partial charge is 0.416 e. The Morgan fingerprint density at radius 2 is 1.60 bits per heavy atom. The van der Waals surface area contributed by atoms with Crippen LogP contribution in [0.2, 0.25) is 0 Å². The number of nitrogen functional groups attached to an aromatic ring is 1. The molecule has 0 aliphatic rings. The van der Waals surface area contributed by atoms with Gasteiger partial charge in [0.1, 0.15) is 0 Å². The standard InChI is InChI=1S/C18H19F3N2O.ClH/c1-23(12-14-7-2-4-8-15(14)18(19,20)21)17(24)11-10-13-6-3-5-9-16(13)22;/h2-9H,10-12,22H2,1H3;1H. The molecule has 0 heterocycles. The number of nitrogens with zero attached hydrogens (tertiary/aromatic N) is 1. The number of nitrogens with two attached hydrogens (primary N) is 1. The summed E-state index contributed by atoms with van der Waals surface area (Å²) in [6.07, 6.45) is -3.78.